The van der Waals surface area contributed by atoms with Gasteiger partial charge in [-0.25, -0.2) is 0 Å². The molecule has 0 aliphatic carbocycles. The van der Waals surface area contributed by atoms with Crippen molar-refractivity contribution in [1.82, 2.24) is 0 Å². The first-order chi connectivity index (χ1) is 5.33. The van der Waals surface area contributed by atoms with Crippen LogP contribution in [-0.4, -0.2) is 18.5 Å². The molecule has 0 aliphatic rings. The summed E-state index contributed by atoms with van der Waals surface area (Å²) in [6.45, 7) is 2.10. The Kier molecular flexibility index (Phi) is 5.99. The molecule has 0 saturated heterocycles. The third-order valence-corrected chi connectivity index (χ3v) is 2.00. The Morgan fingerprint density at radius 2 is 1.55 bits per heavy atom. The molecule has 1 nitrogen and oxygen atoms in total. The first-order valence-corrected chi connectivity index (χ1v) is 4.61. The van der Waals surface area contributed by atoms with Crippen LogP contribution in [0.3, 0.4) is 0 Å². The van der Waals surface area contributed by atoms with Crippen molar-refractivity contribution in [3.8, 4) is 0 Å². The average Bonchev–Trinajstić information content (AvgIpc) is 2.10. The van der Waals surface area contributed by atoms with Gasteiger partial charge >= 0.3 is 0 Å². The standard InChI is InChI=1S/C8H10S.CH4O/c1-7-3-5-8(9-2)6-4-7;1-2/h3-6H,1-2H3;2H,1H3. The van der Waals surface area contributed by atoms with E-state index in [1.54, 1.807) is 11.8 Å². The summed E-state index contributed by atoms with van der Waals surface area (Å²) in [6.07, 6.45) is 2.09. The number of hydrogen-bond acceptors (Lipinski definition) is 2. The minimum absolute atomic E-state index is 1.00. The van der Waals surface area contributed by atoms with Crippen LogP contribution >= 0.6 is 11.8 Å². The molecular weight excluding hydrogens is 156 g/mol. The summed E-state index contributed by atoms with van der Waals surface area (Å²) in [5.74, 6) is 0. The summed E-state index contributed by atoms with van der Waals surface area (Å²) >= 11 is 1.78. The zero-order chi connectivity index (χ0) is 8.69. The van der Waals surface area contributed by atoms with Crippen LogP contribution in [0, 0.1) is 6.92 Å². The molecule has 1 N–H and O–H groups in total. The summed E-state index contributed by atoms with van der Waals surface area (Å²) in [6, 6.07) is 8.54. The molecule has 0 saturated carbocycles. The van der Waals surface area contributed by atoms with Gasteiger partial charge in [0.1, 0.15) is 0 Å². The van der Waals surface area contributed by atoms with E-state index < -0.39 is 0 Å². The third-order valence-electron chi connectivity index (χ3n) is 1.26. The number of aliphatic hydroxyl groups is 1. The second-order valence-electron chi connectivity index (χ2n) is 2.02. The summed E-state index contributed by atoms with van der Waals surface area (Å²) in [4.78, 5) is 1.33. The van der Waals surface area contributed by atoms with E-state index in [1.165, 1.54) is 10.5 Å². The minimum atomic E-state index is 1.00. The van der Waals surface area contributed by atoms with Gasteiger partial charge in [0.15, 0.2) is 0 Å². The molecule has 1 aromatic carbocycles. The molecule has 1 aromatic rings. The Labute approximate surface area is 72.4 Å². The minimum Gasteiger partial charge on any atom is -0.400 e. The highest BCUT2D eigenvalue weighted by atomic mass is 32.2. The maximum atomic E-state index is 7.00. The molecule has 0 bridgehead atoms. The number of rotatable bonds is 1. The van der Waals surface area contributed by atoms with Crippen LogP contribution in [0.2, 0.25) is 0 Å². The summed E-state index contributed by atoms with van der Waals surface area (Å²) in [7, 11) is 1.00. The molecule has 0 aromatic heterocycles. The number of benzene rings is 1. The van der Waals surface area contributed by atoms with Gasteiger partial charge in [-0.1, -0.05) is 17.7 Å². The van der Waals surface area contributed by atoms with E-state index in [0.29, 0.717) is 0 Å². The molecule has 0 unspecified atom stereocenters. The van der Waals surface area contributed by atoms with E-state index in [0.717, 1.165) is 7.11 Å². The second-order valence-corrected chi connectivity index (χ2v) is 2.90. The lowest BCUT2D eigenvalue weighted by Crippen LogP contribution is -1.70. The van der Waals surface area contributed by atoms with Crippen molar-refractivity contribution in [2.24, 2.45) is 0 Å². The van der Waals surface area contributed by atoms with E-state index in [-0.39, 0.29) is 0 Å². The van der Waals surface area contributed by atoms with Gasteiger partial charge in [-0.3, -0.25) is 0 Å². The Morgan fingerprint density at radius 3 is 1.91 bits per heavy atom. The van der Waals surface area contributed by atoms with E-state index in [2.05, 4.69) is 37.4 Å². The molecular formula is C9H14OS. The van der Waals surface area contributed by atoms with Crippen LogP contribution in [-0.2, 0) is 0 Å². The quantitative estimate of drug-likeness (QED) is 0.653. The van der Waals surface area contributed by atoms with Crippen LogP contribution in [0.1, 0.15) is 5.56 Å². The van der Waals surface area contributed by atoms with Gasteiger partial charge in [0.25, 0.3) is 0 Å². The number of aliphatic hydroxyl groups excluding tert-OH is 1. The van der Waals surface area contributed by atoms with Crippen molar-refractivity contribution >= 4 is 11.8 Å². The van der Waals surface area contributed by atoms with Gasteiger partial charge in [0.05, 0.1) is 0 Å². The predicted octanol–water partition coefficient (Wildman–Crippen LogP) is 2.33. The molecule has 2 heteroatoms. The highest BCUT2D eigenvalue weighted by molar-refractivity contribution is 7.98. The lowest BCUT2D eigenvalue weighted by Gasteiger charge is -1.93. The zero-order valence-electron chi connectivity index (χ0n) is 7.16. The maximum Gasteiger partial charge on any atom is 0.0319 e. The van der Waals surface area contributed by atoms with Gasteiger partial charge < -0.3 is 5.11 Å². The van der Waals surface area contributed by atoms with Crippen LogP contribution in [0.15, 0.2) is 29.2 Å². The summed E-state index contributed by atoms with van der Waals surface area (Å²) in [5.41, 5.74) is 1.33. The van der Waals surface area contributed by atoms with Gasteiger partial charge in [-0.2, -0.15) is 0 Å². The monoisotopic (exact) mass is 170 g/mol. The predicted molar refractivity (Wildman–Crippen MR) is 51.1 cm³/mol. The largest absolute Gasteiger partial charge is 0.400 e. The Bertz CT molecular complexity index is 181. The van der Waals surface area contributed by atoms with Crippen molar-refractivity contribution < 1.29 is 5.11 Å². The lowest BCUT2D eigenvalue weighted by atomic mass is 10.2. The maximum absolute atomic E-state index is 7.00. The molecule has 0 radical (unpaired) electrons. The second kappa shape index (κ2) is 6.25. The fourth-order valence-corrected chi connectivity index (χ4v) is 1.08. The van der Waals surface area contributed by atoms with E-state index in [1.807, 2.05) is 0 Å². The lowest BCUT2D eigenvalue weighted by molar-refractivity contribution is 0.399. The van der Waals surface area contributed by atoms with Crippen LogP contribution in [0.5, 0.6) is 0 Å². The van der Waals surface area contributed by atoms with Crippen LogP contribution < -0.4 is 0 Å². The third kappa shape index (κ3) is 4.06. The Hall–Kier alpha value is -0.470. The molecule has 0 heterocycles. The van der Waals surface area contributed by atoms with Crippen molar-refractivity contribution in [2.75, 3.05) is 13.4 Å². The van der Waals surface area contributed by atoms with Crippen LogP contribution in [0.4, 0.5) is 0 Å². The van der Waals surface area contributed by atoms with Crippen molar-refractivity contribution in [3.63, 3.8) is 0 Å². The number of hydrogen-bond donors (Lipinski definition) is 1. The Balaban J connectivity index is 0.000000461. The molecule has 0 fully saturated rings. The zero-order valence-corrected chi connectivity index (χ0v) is 7.98. The first-order valence-electron chi connectivity index (χ1n) is 3.38. The molecule has 0 aliphatic heterocycles. The van der Waals surface area contributed by atoms with Gasteiger partial charge in [-0.15, -0.1) is 11.8 Å². The van der Waals surface area contributed by atoms with Gasteiger partial charge in [-0.05, 0) is 25.3 Å². The smallest absolute Gasteiger partial charge is 0.0319 e. The number of thioether (sulfide) groups is 1. The fraction of sp³-hybridized carbons (Fsp3) is 0.333. The highest BCUT2D eigenvalue weighted by Crippen LogP contribution is 2.13. The SMILES string of the molecule is CO.CSc1ccc(C)cc1. The molecule has 11 heavy (non-hydrogen) atoms. The highest BCUT2D eigenvalue weighted by Gasteiger charge is 1.85. The fourth-order valence-electron chi connectivity index (χ4n) is 0.674. The molecule has 0 spiro atoms. The molecule has 0 atom stereocenters. The van der Waals surface area contributed by atoms with Crippen molar-refractivity contribution in [2.45, 2.75) is 11.8 Å². The molecule has 1 rings (SSSR count). The normalized spacial score (nSPS) is 8.36. The van der Waals surface area contributed by atoms with Gasteiger partial charge in [0.2, 0.25) is 0 Å². The molecule has 0 amide bonds. The van der Waals surface area contributed by atoms with Gasteiger partial charge in [0, 0.05) is 12.0 Å². The van der Waals surface area contributed by atoms with Crippen LogP contribution in [0.25, 0.3) is 0 Å². The average molecular weight is 170 g/mol. The van der Waals surface area contributed by atoms with Crippen molar-refractivity contribution in [1.29, 1.82) is 0 Å². The molecule has 62 valence electrons. The summed E-state index contributed by atoms with van der Waals surface area (Å²) < 4.78 is 0. The summed E-state index contributed by atoms with van der Waals surface area (Å²) in [5, 5.41) is 7.00. The van der Waals surface area contributed by atoms with E-state index in [9.17, 15) is 0 Å². The van der Waals surface area contributed by atoms with Crippen molar-refractivity contribution in [3.05, 3.63) is 29.8 Å². The van der Waals surface area contributed by atoms with E-state index in [4.69, 9.17) is 5.11 Å². The van der Waals surface area contributed by atoms with E-state index >= 15 is 0 Å². The topological polar surface area (TPSA) is 20.2 Å². The number of aryl methyl sites for hydroxylation is 1. The Morgan fingerprint density at radius 1 is 1.09 bits per heavy atom. The first kappa shape index (κ1) is 10.5.